The monoisotopic (exact) mass is 275 g/mol. The zero-order valence-electron chi connectivity index (χ0n) is 11.9. The van der Waals surface area contributed by atoms with Crippen LogP contribution in [0.1, 0.15) is 56.7 Å². The molecule has 1 unspecified atom stereocenters. The molecular weight excluding hydrogens is 254 g/mol. The molecule has 1 atom stereocenters. The highest BCUT2D eigenvalue weighted by Gasteiger charge is 2.28. The number of likely N-dealkylation sites (tertiary alicyclic amines) is 1. The van der Waals surface area contributed by atoms with Crippen LogP contribution >= 0.6 is 0 Å². The molecule has 1 aliphatic heterocycles. The summed E-state index contributed by atoms with van der Waals surface area (Å²) in [6.45, 7) is 3.39. The standard InChI is InChI=1S/C15H21N3O2/c1-11(15(20)17-9-3-2-4-10-17)18-14(19)8-7-13(16-18)12-5-6-12/h7-8,11-12H,2-6,9-10H2,1H3. The van der Waals surface area contributed by atoms with Crippen LogP contribution in [-0.2, 0) is 4.79 Å². The molecule has 2 heterocycles. The second kappa shape index (κ2) is 5.38. The second-order valence-electron chi connectivity index (χ2n) is 5.88. The van der Waals surface area contributed by atoms with Gasteiger partial charge in [-0.2, -0.15) is 5.10 Å². The lowest BCUT2D eigenvalue weighted by Crippen LogP contribution is -2.42. The highest BCUT2D eigenvalue weighted by atomic mass is 16.2. The summed E-state index contributed by atoms with van der Waals surface area (Å²) in [5.41, 5.74) is 0.759. The van der Waals surface area contributed by atoms with E-state index >= 15 is 0 Å². The van der Waals surface area contributed by atoms with Gasteiger partial charge in [-0.3, -0.25) is 9.59 Å². The molecule has 2 aliphatic rings. The fraction of sp³-hybridized carbons (Fsp3) is 0.667. The van der Waals surface area contributed by atoms with Crippen molar-refractivity contribution in [2.45, 2.75) is 51.0 Å². The van der Waals surface area contributed by atoms with E-state index in [4.69, 9.17) is 0 Å². The predicted molar refractivity (Wildman–Crippen MR) is 75.6 cm³/mol. The zero-order chi connectivity index (χ0) is 14.1. The van der Waals surface area contributed by atoms with Crippen molar-refractivity contribution in [3.8, 4) is 0 Å². The van der Waals surface area contributed by atoms with Crippen LogP contribution in [0.4, 0.5) is 0 Å². The summed E-state index contributed by atoms with van der Waals surface area (Å²) in [7, 11) is 0. The first kappa shape index (κ1) is 13.3. The minimum atomic E-state index is -0.501. The molecule has 108 valence electrons. The average Bonchev–Trinajstić information content (AvgIpc) is 3.32. The van der Waals surface area contributed by atoms with Crippen LogP contribution in [0.3, 0.4) is 0 Å². The minimum absolute atomic E-state index is 0.0206. The molecular formula is C15H21N3O2. The van der Waals surface area contributed by atoms with E-state index in [1.165, 1.54) is 11.1 Å². The fourth-order valence-corrected chi connectivity index (χ4v) is 2.80. The predicted octanol–water partition coefficient (Wildman–Crippen LogP) is 1.69. The Balaban J connectivity index is 1.81. The maximum atomic E-state index is 12.5. The molecule has 0 radical (unpaired) electrons. The SMILES string of the molecule is CC(C(=O)N1CCCCC1)n1nc(C2CC2)ccc1=O. The molecule has 1 aliphatic carbocycles. The van der Waals surface area contributed by atoms with Gasteiger partial charge >= 0.3 is 0 Å². The lowest BCUT2D eigenvalue weighted by molar-refractivity contribution is -0.135. The molecule has 20 heavy (non-hydrogen) atoms. The van der Waals surface area contributed by atoms with Crippen LogP contribution in [0.15, 0.2) is 16.9 Å². The van der Waals surface area contributed by atoms with Gasteiger partial charge in [0.05, 0.1) is 5.69 Å². The molecule has 5 nitrogen and oxygen atoms in total. The summed E-state index contributed by atoms with van der Waals surface area (Å²) < 4.78 is 1.37. The lowest BCUT2D eigenvalue weighted by Gasteiger charge is -2.29. The van der Waals surface area contributed by atoms with Gasteiger partial charge in [-0.25, -0.2) is 4.68 Å². The van der Waals surface area contributed by atoms with E-state index in [2.05, 4.69) is 5.10 Å². The summed E-state index contributed by atoms with van der Waals surface area (Å²) >= 11 is 0. The van der Waals surface area contributed by atoms with Gasteiger partial charge in [0.2, 0.25) is 5.91 Å². The molecule has 1 aromatic rings. The highest BCUT2D eigenvalue weighted by Crippen LogP contribution is 2.38. The first-order valence-corrected chi connectivity index (χ1v) is 7.55. The summed E-state index contributed by atoms with van der Waals surface area (Å²) in [6, 6.07) is 2.84. The third-order valence-electron chi connectivity index (χ3n) is 4.23. The van der Waals surface area contributed by atoms with Crippen molar-refractivity contribution < 1.29 is 4.79 Å². The van der Waals surface area contributed by atoms with Crippen molar-refractivity contribution in [1.82, 2.24) is 14.7 Å². The number of carbonyl (C=O) groups excluding carboxylic acids is 1. The smallest absolute Gasteiger partial charge is 0.267 e. The van der Waals surface area contributed by atoms with Crippen molar-refractivity contribution >= 4 is 5.91 Å². The van der Waals surface area contributed by atoms with Gasteiger partial charge in [-0.1, -0.05) is 0 Å². The van der Waals surface area contributed by atoms with Crippen molar-refractivity contribution in [1.29, 1.82) is 0 Å². The number of carbonyl (C=O) groups is 1. The molecule has 1 saturated heterocycles. The number of amides is 1. The van der Waals surface area contributed by atoms with Gasteiger partial charge in [0.15, 0.2) is 0 Å². The molecule has 1 aromatic heterocycles. The Hall–Kier alpha value is -1.65. The van der Waals surface area contributed by atoms with E-state index in [0.29, 0.717) is 5.92 Å². The molecule has 5 heteroatoms. The molecule has 1 amide bonds. The molecule has 2 fully saturated rings. The summed E-state index contributed by atoms with van der Waals surface area (Å²) in [5, 5.41) is 4.41. The van der Waals surface area contributed by atoms with E-state index in [1.54, 1.807) is 19.1 Å². The number of rotatable bonds is 3. The fourth-order valence-electron chi connectivity index (χ4n) is 2.80. The maximum absolute atomic E-state index is 12.5. The molecule has 0 bridgehead atoms. The molecule has 1 saturated carbocycles. The first-order valence-electron chi connectivity index (χ1n) is 7.55. The normalized spacial score (nSPS) is 20.8. The van der Waals surface area contributed by atoms with Crippen LogP contribution in [0.2, 0.25) is 0 Å². The van der Waals surface area contributed by atoms with Crippen LogP contribution in [-0.4, -0.2) is 33.7 Å². The van der Waals surface area contributed by atoms with Crippen molar-refractivity contribution in [3.63, 3.8) is 0 Å². The van der Waals surface area contributed by atoms with Gasteiger partial charge in [0.1, 0.15) is 6.04 Å². The topological polar surface area (TPSA) is 55.2 Å². The molecule has 0 aromatic carbocycles. The molecule has 3 rings (SSSR count). The summed E-state index contributed by atoms with van der Waals surface area (Å²) in [6.07, 6.45) is 5.58. The highest BCUT2D eigenvalue weighted by molar-refractivity contribution is 5.80. The Morgan fingerprint density at radius 1 is 1.25 bits per heavy atom. The number of hydrogen-bond donors (Lipinski definition) is 0. The summed E-state index contributed by atoms with van der Waals surface area (Å²) in [4.78, 5) is 26.3. The van der Waals surface area contributed by atoms with Crippen LogP contribution in [0.5, 0.6) is 0 Å². The van der Waals surface area contributed by atoms with Crippen molar-refractivity contribution in [2.24, 2.45) is 0 Å². The number of aromatic nitrogens is 2. The van der Waals surface area contributed by atoms with Crippen molar-refractivity contribution in [3.05, 3.63) is 28.2 Å². The molecule has 0 N–H and O–H groups in total. The number of hydrogen-bond acceptors (Lipinski definition) is 3. The van der Waals surface area contributed by atoms with Crippen LogP contribution < -0.4 is 5.56 Å². The molecule has 0 spiro atoms. The van der Waals surface area contributed by atoms with Crippen molar-refractivity contribution in [2.75, 3.05) is 13.1 Å². The van der Waals surface area contributed by atoms with E-state index in [0.717, 1.165) is 44.5 Å². The van der Waals surface area contributed by atoms with Gasteiger partial charge in [-0.15, -0.1) is 0 Å². The Morgan fingerprint density at radius 2 is 1.95 bits per heavy atom. The quantitative estimate of drug-likeness (QED) is 0.843. The Bertz CT molecular complexity index is 556. The van der Waals surface area contributed by atoms with Gasteiger partial charge in [0.25, 0.3) is 5.56 Å². The second-order valence-corrected chi connectivity index (χ2v) is 5.88. The number of nitrogens with zero attached hydrogens (tertiary/aromatic N) is 3. The van der Waals surface area contributed by atoms with Crippen LogP contribution in [0, 0.1) is 0 Å². The van der Waals surface area contributed by atoms with E-state index in [1.807, 2.05) is 4.90 Å². The Morgan fingerprint density at radius 3 is 2.60 bits per heavy atom. The Labute approximate surface area is 118 Å². The first-order chi connectivity index (χ1) is 9.66. The third-order valence-corrected chi connectivity index (χ3v) is 4.23. The zero-order valence-corrected chi connectivity index (χ0v) is 11.9. The maximum Gasteiger partial charge on any atom is 0.267 e. The van der Waals surface area contributed by atoms with Gasteiger partial charge in [-0.05, 0) is 45.1 Å². The van der Waals surface area contributed by atoms with E-state index < -0.39 is 6.04 Å². The van der Waals surface area contributed by atoms with E-state index in [-0.39, 0.29) is 11.5 Å². The Kier molecular flexibility index (Phi) is 3.59. The largest absolute Gasteiger partial charge is 0.341 e. The summed E-state index contributed by atoms with van der Waals surface area (Å²) in [5.74, 6) is 0.506. The van der Waals surface area contributed by atoms with Gasteiger partial charge < -0.3 is 4.90 Å². The lowest BCUT2D eigenvalue weighted by atomic mass is 10.1. The van der Waals surface area contributed by atoms with E-state index in [9.17, 15) is 9.59 Å². The minimum Gasteiger partial charge on any atom is -0.341 e. The average molecular weight is 275 g/mol. The number of piperidine rings is 1. The van der Waals surface area contributed by atoms with Crippen LogP contribution in [0.25, 0.3) is 0 Å². The van der Waals surface area contributed by atoms with Gasteiger partial charge in [0, 0.05) is 25.1 Å². The third kappa shape index (κ3) is 2.62.